The number of rotatable bonds is 8. The minimum atomic E-state index is 0.350. The van der Waals surface area contributed by atoms with Crippen LogP contribution >= 0.6 is 35.4 Å². The molecule has 0 radical (unpaired) electrons. The molecule has 0 fully saturated rings. The summed E-state index contributed by atoms with van der Waals surface area (Å²) in [6.07, 6.45) is 1.66. The molecule has 2 rings (SSSR count). The van der Waals surface area contributed by atoms with E-state index < -0.39 is 0 Å². The molecule has 0 saturated carbocycles. The summed E-state index contributed by atoms with van der Waals surface area (Å²) in [5.74, 6) is 1.27. The first-order valence-corrected chi connectivity index (χ1v) is 9.60. The van der Waals surface area contributed by atoms with Crippen LogP contribution in [0.2, 0.25) is 10.0 Å². The van der Waals surface area contributed by atoms with Gasteiger partial charge in [-0.2, -0.15) is 5.10 Å². The van der Waals surface area contributed by atoms with Crippen molar-refractivity contribution in [3.8, 4) is 11.5 Å². The summed E-state index contributed by atoms with van der Waals surface area (Å²) >= 11 is 17.0. The fourth-order valence-corrected chi connectivity index (χ4v) is 2.67. The fourth-order valence-electron chi connectivity index (χ4n) is 2.15. The van der Waals surface area contributed by atoms with Gasteiger partial charge in [0.1, 0.15) is 6.61 Å². The number of hydrazone groups is 1. The van der Waals surface area contributed by atoms with Crippen LogP contribution in [0.25, 0.3) is 0 Å². The molecule has 5 nitrogen and oxygen atoms in total. The van der Waals surface area contributed by atoms with Crippen molar-refractivity contribution in [2.24, 2.45) is 5.10 Å². The number of ether oxygens (including phenoxy) is 2. The van der Waals surface area contributed by atoms with Gasteiger partial charge in [-0.05, 0) is 67.5 Å². The molecule has 0 unspecified atom stereocenters. The lowest BCUT2D eigenvalue weighted by Gasteiger charge is -2.13. The number of benzene rings is 2. The molecule has 27 heavy (non-hydrogen) atoms. The molecule has 0 spiro atoms. The van der Waals surface area contributed by atoms with Crippen LogP contribution in [-0.4, -0.2) is 24.5 Å². The number of nitrogens with one attached hydrogen (secondary N) is 2. The number of nitrogens with zero attached hydrogens (tertiary/aromatic N) is 1. The van der Waals surface area contributed by atoms with Crippen LogP contribution in [0.4, 0.5) is 0 Å². The molecule has 0 bridgehead atoms. The standard InChI is InChI=1S/C19H21Cl2N3O2S/c1-3-22-19(27)24-23-11-13-6-8-17(18(10-13)25-4-2)26-12-14-5-7-15(20)16(21)9-14/h5-11H,3-4,12H2,1-2H3,(H2,22,24,27). The second kappa shape index (κ2) is 11.0. The maximum Gasteiger partial charge on any atom is 0.186 e. The highest BCUT2D eigenvalue weighted by Crippen LogP contribution is 2.29. The zero-order valence-corrected chi connectivity index (χ0v) is 17.4. The highest BCUT2D eigenvalue weighted by atomic mass is 35.5. The van der Waals surface area contributed by atoms with Gasteiger partial charge < -0.3 is 14.8 Å². The van der Waals surface area contributed by atoms with Crippen molar-refractivity contribution in [3.63, 3.8) is 0 Å². The first-order chi connectivity index (χ1) is 13.0. The van der Waals surface area contributed by atoms with Gasteiger partial charge in [-0.1, -0.05) is 29.3 Å². The van der Waals surface area contributed by atoms with Crippen LogP contribution in [0, 0.1) is 0 Å². The second-order valence-electron chi connectivity index (χ2n) is 5.41. The fraction of sp³-hybridized carbons (Fsp3) is 0.263. The average molecular weight is 426 g/mol. The van der Waals surface area contributed by atoms with E-state index in [0.29, 0.717) is 39.9 Å². The summed E-state index contributed by atoms with van der Waals surface area (Å²) in [5.41, 5.74) is 4.52. The molecule has 0 atom stereocenters. The maximum absolute atomic E-state index is 6.04. The number of thiocarbonyl (C=S) groups is 1. The molecule has 0 saturated heterocycles. The summed E-state index contributed by atoms with van der Waals surface area (Å²) in [7, 11) is 0. The molecule has 0 aliphatic heterocycles. The van der Waals surface area contributed by atoms with Gasteiger partial charge in [-0.3, -0.25) is 5.43 Å². The van der Waals surface area contributed by atoms with Crippen LogP contribution < -0.4 is 20.2 Å². The highest BCUT2D eigenvalue weighted by molar-refractivity contribution is 7.80. The van der Waals surface area contributed by atoms with Crippen molar-refractivity contribution in [3.05, 3.63) is 57.6 Å². The molecule has 0 aromatic heterocycles. The minimum Gasteiger partial charge on any atom is -0.490 e. The van der Waals surface area contributed by atoms with Crippen molar-refractivity contribution in [2.75, 3.05) is 13.2 Å². The van der Waals surface area contributed by atoms with E-state index in [2.05, 4.69) is 15.8 Å². The lowest BCUT2D eigenvalue weighted by atomic mass is 10.2. The zero-order chi connectivity index (χ0) is 19.6. The normalized spacial score (nSPS) is 10.7. The molecule has 2 aromatic carbocycles. The largest absolute Gasteiger partial charge is 0.490 e. The Morgan fingerprint density at radius 2 is 1.89 bits per heavy atom. The molecule has 0 amide bonds. The van der Waals surface area contributed by atoms with Gasteiger partial charge >= 0.3 is 0 Å². The highest BCUT2D eigenvalue weighted by Gasteiger charge is 2.07. The molecular weight excluding hydrogens is 405 g/mol. The van der Waals surface area contributed by atoms with Gasteiger partial charge in [0.25, 0.3) is 0 Å². The van der Waals surface area contributed by atoms with Gasteiger partial charge in [-0.25, -0.2) is 0 Å². The van der Waals surface area contributed by atoms with Crippen LogP contribution in [-0.2, 0) is 6.61 Å². The Hall–Kier alpha value is -2.02. The molecule has 0 aliphatic carbocycles. The predicted molar refractivity (Wildman–Crippen MR) is 115 cm³/mol. The SMILES string of the molecule is CCNC(=S)NN=Cc1ccc(OCc2ccc(Cl)c(Cl)c2)c(OCC)c1. The summed E-state index contributed by atoms with van der Waals surface area (Å²) < 4.78 is 11.6. The molecule has 8 heteroatoms. The Morgan fingerprint density at radius 3 is 2.59 bits per heavy atom. The number of hydrogen-bond acceptors (Lipinski definition) is 4. The van der Waals surface area contributed by atoms with Crippen molar-refractivity contribution in [1.82, 2.24) is 10.7 Å². The third-order valence-electron chi connectivity index (χ3n) is 3.36. The first-order valence-electron chi connectivity index (χ1n) is 8.44. The Balaban J connectivity index is 2.06. The third kappa shape index (κ3) is 6.90. The molecule has 2 N–H and O–H groups in total. The second-order valence-corrected chi connectivity index (χ2v) is 6.63. The van der Waals surface area contributed by atoms with Crippen LogP contribution in [0.5, 0.6) is 11.5 Å². The number of halogens is 2. The van der Waals surface area contributed by atoms with Crippen LogP contribution in [0.15, 0.2) is 41.5 Å². The minimum absolute atomic E-state index is 0.350. The topological polar surface area (TPSA) is 54.9 Å². The molecule has 2 aromatic rings. The van der Waals surface area contributed by atoms with E-state index >= 15 is 0 Å². The average Bonchev–Trinajstić information content (AvgIpc) is 2.64. The van der Waals surface area contributed by atoms with Crippen molar-refractivity contribution in [2.45, 2.75) is 20.5 Å². The van der Waals surface area contributed by atoms with Gasteiger partial charge in [0, 0.05) is 6.54 Å². The van der Waals surface area contributed by atoms with E-state index in [-0.39, 0.29) is 0 Å². The molecule has 0 heterocycles. The number of hydrogen-bond donors (Lipinski definition) is 2. The molecule has 0 aliphatic rings. The van der Waals surface area contributed by atoms with Crippen LogP contribution in [0.1, 0.15) is 25.0 Å². The Morgan fingerprint density at radius 1 is 1.07 bits per heavy atom. The van der Waals surface area contributed by atoms with Gasteiger partial charge in [0.2, 0.25) is 0 Å². The summed E-state index contributed by atoms with van der Waals surface area (Å²) in [6, 6.07) is 11.0. The Kier molecular flexibility index (Phi) is 8.64. The molecule has 144 valence electrons. The van der Waals surface area contributed by atoms with E-state index in [9.17, 15) is 0 Å². The van der Waals surface area contributed by atoms with Crippen LogP contribution in [0.3, 0.4) is 0 Å². The van der Waals surface area contributed by atoms with E-state index in [4.69, 9.17) is 44.9 Å². The van der Waals surface area contributed by atoms with E-state index in [1.54, 1.807) is 18.3 Å². The van der Waals surface area contributed by atoms with Crippen molar-refractivity contribution < 1.29 is 9.47 Å². The van der Waals surface area contributed by atoms with Crippen molar-refractivity contribution >= 4 is 46.7 Å². The summed E-state index contributed by atoms with van der Waals surface area (Å²) in [4.78, 5) is 0. The Bertz CT molecular complexity index is 816. The van der Waals surface area contributed by atoms with E-state index in [1.807, 2.05) is 38.1 Å². The first kappa shape index (κ1) is 21.3. The molecular formula is C19H21Cl2N3O2S. The van der Waals surface area contributed by atoms with Crippen molar-refractivity contribution in [1.29, 1.82) is 0 Å². The monoisotopic (exact) mass is 425 g/mol. The Labute approximate surface area is 174 Å². The summed E-state index contributed by atoms with van der Waals surface area (Å²) in [5, 5.41) is 8.54. The summed E-state index contributed by atoms with van der Waals surface area (Å²) in [6.45, 7) is 5.48. The predicted octanol–water partition coefficient (Wildman–Crippen LogP) is 4.79. The lowest BCUT2D eigenvalue weighted by molar-refractivity contribution is 0.269. The quantitative estimate of drug-likeness (QED) is 0.361. The smallest absolute Gasteiger partial charge is 0.186 e. The van der Waals surface area contributed by atoms with E-state index in [0.717, 1.165) is 17.7 Å². The van der Waals surface area contributed by atoms with E-state index in [1.165, 1.54) is 0 Å². The lowest BCUT2D eigenvalue weighted by Crippen LogP contribution is -2.31. The third-order valence-corrected chi connectivity index (χ3v) is 4.34. The van der Waals surface area contributed by atoms with Gasteiger partial charge in [0.15, 0.2) is 16.6 Å². The zero-order valence-electron chi connectivity index (χ0n) is 15.1. The van der Waals surface area contributed by atoms with Gasteiger partial charge in [0.05, 0.1) is 22.9 Å². The van der Waals surface area contributed by atoms with Gasteiger partial charge in [-0.15, -0.1) is 0 Å². The maximum atomic E-state index is 6.04.